The molecule has 220 valence electrons. The number of benzene rings is 1. The van der Waals surface area contributed by atoms with Crippen molar-refractivity contribution in [3.05, 3.63) is 23.8 Å². The van der Waals surface area contributed by atoms with Crippen LogP contribution >= 0.6 is 0 Å². The number of nitrogens with two attached hydrogens (primary N) is 1. The zero-order chi connectivity index (χ0) is 29.5. The van der Waals surface area contributed by atoms with Crippen LogP contribution in [0.5, 0.6) is 11.5 Å². The van der Waals surface area contributed by atoms with Gasteiger partial charge in [0.2, 0.25) is 0 Å². The van der Waals surface area contributed by atoms with Crippen molar-refractivity contribution in [2.75, 3.05) is 13.2 Å². The van der Waals surface area contributed by atoms with Gasteiger partial charge < -0.3 is 34.2 Å². The van der Waals surface area contributed by atoms with E-state index >= 15 is 0 Å². The molecule has 0 unspecified atom stereocenters. The fraction of sp³-hybridized carbons (Fsp3) is 0.643. The molecule has 0 saturated carbocycles. The van der Waals surface area contributed by atoms with Gasteiger partial charge in [-0.25, -0.2) is 9.59 Å². The number of hydrogen-bond donors (Lipinski definition) is 1. The summed E-state index contributed by atoms with van der Waals surface area (Å²) < 4.78 is 31.3. The number of esters is 2. The molecule has 3 atom stereocenters. The second-order valence-corrected chi connectivity index (χ2v) is 10.1. The molecular weight excluding hydrogens is 510 g/mol. The molecule has 0 aromatic heterocycles. The summed E-state index contributed by atoms with van der Waals surface area (Å²) in [5.41, 5.74) is 6.56. The van der Waals surface area contributed by atoms with Crippen molar-refractivity contribution in [2.24, 2.45) is 17.6 Å². The molecule has 0 aliphatic heterocycles. The molecule has 11 heteroatoms. The number of unbranched alkanes of at least 4 members (excludes halogenated alkanes) is 1. The molecule has 0 fully saturated rings. The lowest BCUT2D eigenvalue weighted by Crippen LogP contribution is -2.39. The Balaban J connectivity index is 2.90. The Morgan fingerprint density at radius 1 is 0.795 bits per heavy atom. The molecule has 0 radical (unpaired) electrons. The summed E-state index contributed by atoms with van der Waals surface area (Å²) in [4.78, 5) is 48.7. The summed E-state index contributed by atoms with van der Waals surface area (Å²) in [6.45, 7) is 13.0. The van der Waals surface area contributed by atoms with E-state index in [4.69, 9.17) is 34.2 Å². The zero-order valence-corrected chi connectivity index (χ0v) is 24.0. The van der Waals surface area contributed by atoms with Crippen molar-refractivity contribution >= 4 is 24.2 Å². The van der Waals surface area contributed by atoms with E-state index in [1.54, 1.807) is 19.9 Å². The van der Waals surface area contributed by atoms with Crippen molar-refractivity contribution in [1.82, 2.24) is 0 Å². The summed E-state index contributed by atoms with van der Waals surface area (Å²) in [5, 5.41) is 0. The molecule has 0 bridgehead atoms. The molecule has 1 aromatic carbocycles. The first kappa shape index (κ1) is 33.7. The van der Waals surface area contributed by atoms with Crippen LogP contribution in [0.15, 0.2) is 18.2 Å². The summed E-state index contributed by atoms with van der Waals surface area (Å²) in [7, 11) is 0. The van der Waals surface area contributed by atoms with E-state index < -0.39 is 36.5 Å². The number of carbonyl (C=O) groups excluding carboxylic acids is 4. The molecule has 0 heterocycles. The minimum atomic E-state index is -1.07. The lowest BCUT2D eigenvalue weighted by Gasteiger charge is -2.22. The van der Waals surface area contributed by atoms with Crippen molar-refractivity contribution in [3.8, 4) is 11.5 Å². The second kappa shape index (κ2) is 17.3. The first-order valence-corrected chi connectivity index (χ1v) is 13.3. The maximum absolute atomic E-state index is 12.6. The number of hydrogen-bond acceptors (Lipinski definition) is 11. The third-order valence-corrected chi connectivity index (χ3v) is 5.24. The largest absolute Gasteiger partial charge is 0.513 e. The van der Waals surface area contributed by atoms with E-state index in [0.29, 0.717) is 18.4 Å². The predicted octanol–water partition coefficient (Wildman–Crippen LogP) is 4.95. The Bertz CT molecular complexity index is 946. The second-order valence-electron chi connectivity index (χ2n) is 10.1. The molecular formula is C28H43NO10. The van der Waals surface area contributed by atoms with Gasteiger partial charge >= 0.3 is 24.2 Å². The Hall–Kier alpha value is -3.34. The minimum absolute atomic E-state index is 0.0195. The van der Waals surface area contributed by atoms with Crippen molar-refractivity contribution in [3.63, 3.8) is 0 Å². The van der Waals surface area contributed by atoms with Crippen LogP contribution in [0, 0.1) is 11.8 Å². The van der Waals surface area contributed by atoms with Crippen molar-refractivity contribution in [2.45, 2.75) is 92.4 Å². The van der Waals surface area contributed by atoms with Gasteiger partial charge in [0.15, 0.2) is 11.5 Å². The van der Waals surface area contributed by atoms with Crippen LogP contribution in [-0.4, -0.2) is 55.7 Å². The first-order valence-electron chi connectivity index (χ1n) is 13.3. The van der Waals surface area contributed by atoms with Crippen molar-refractivity contribution in [1.29, 1.82) is 0 Å². The van der Waals surface area contributed by atoms with Gasteiger partial charge in [-0.05, 0) is 56.2 Å². The van der Waals surface area contributed by atoms with E-state index in [-0.39, 0.29) is 48.9 Å². The first-order chi connectivity index (χ1) is 18.3. The highest BCUT2D eigenvalue weighted by atomic mass is 16.7. The Kier molecular flexibility index (Phi) is 14.9. The van der Waals surface area contributed by atoms with Gasteiger partial charge in [-0.15, -0.1) is 0 Å². The molecule has 1 aromatic rings. The van der Waals surface area contributed by atoms with Gasteiger partial charge in [0.1, 0.15) is 18.2 Å². The van der Waals surface area contributed by atoms with Crippen molar-refractivity contribution < 1.29 is 47.6 Å². The number of carbonyl (C=O) groups is 4. The average Bonchev–Trinajstić information content (AvgIpc) is 2.86. The Labute approximate surface area is 230 Å². The van der Waals surface area contributed by atoms with E-state index in [2.05, 4.69) is 0 Å². The number of rotatable bonds is 15. The van der Waals surface area contributed by atoms with Crippen LogP contribution < -0.4 is 15.2 Å². The van der Waals surface area contributed by atoms with Gasteiger partial charge in [0.25, 0.3) is 0 Å². The fourth-order valence-electron chi connectivity index (χ4n) is 2.94. The summed E-state index contributed by atoms with van der Waals surface area (Å²) in [6.07, 6.45) is -1.40. The Morgan fingerprint density at radius 3 is 1.87 bits per heavy atom. The smallest absolute Gasteiger partial charge is 0.459 e. The van der Waals surface area contributed by atoms with Crippen LogP contribution in [0.4, 0.5) is 9.59 Å². The maximum Gasteiger partial charge on any atom is 0.513 e. The molecule has 0 amide bonds. The quantitative estimate of drug-likeness (QED) is 0.178. The summed E-state index contributed by atoms with van der Waals surface area (Å²) >= 11 is 0. The van der Waals surface area contributed by atoms with Gasteiger partial charge in [-0.1, -0.05) is 47.1 Å². The molecule has 0 saturated heterocycles. The van der Waals surface area contributed by atoms with Crippen LogP contribution in [0.2, 0.25) is 0 Å². The maximum atomic E-state index is 12.6. The minimum Gasteiger partial charge on any atom is -0.459 e. The third-order valence-electron chi connectivity index (χ3n) is 5.24. The highest BCUT2D eigenvalue weighted by Crippen LogP contribution is 2.30. The van der Waals surface area contributed by atoms with Crippen LogP contribution in [-0.2, 0) is 35.0 Å². The molecule has 11 nitrogen and oxygen atoms in total. The molecule has 0 spiro atoms. The van der Waals surface area contributed by atoms with E-state index in [9.17, 15) is 19.2 Å². The molecule has 0 aliphatic carbocycles. The Morgan fingerprint density at radius 2 is 1.33 bits per heavy atom. The standard InChI is InChI=1S/C28H43NO10/c1-8-9-10-25(30)36-19(6)20(7)37-26(31)22(29)13-21-11-12-23(38-27(32)34-15-17(2)3)24(14-21)39-28(33)35-16-18(4)5/h11-12,14,17-20,22H,8-10,13,15-16,29H2,1-7H3/t19-,20-,22-/m0/s1. The molecule has 1 rings (SSSR count). The fourth-order valence-corrected chi connectivity index (χ4v) is 2.94. The van der Waals surface area contributed by atoms with Gasteiger partial charge in [0, 0.05) is 6.42 Å². The van der Waals surface area contributed by atoms with Gasteiger partial charge in [0.05, 0.1) is 13.2 Å². The van der Waals surface area contributed by atoms with E-state index in [1.807, 2.05) is 34.6 Å². The lowest BCUT2D eigenvalue weighted by atomic mass is 10.1. The predicted molar refractivity (Wildman–Crippen MR) is 142 cm³/mol. The van der Waals surface area contributed by atoms with Crippen LogP contribution in [0.1, 0.15) is 73.3 Å². The summed E-state index contributed by atoms with van der Waals surface area (Å²) in [6, 6.07) is 3.30. The topological polar surface area (TPSA) is 150 Å². The summed E-state index contributed by atoms with van der Waals surface area (Å²) in [5.74, 6) is -1.05. The normalized spacial score (nSPS) is 13.3. The molecule has 2 N–H and O–H groups in total. The highest BCUT2D eigenvalue weighted by Gasteiger charge is 2.25. The number of ether oxygens (including phenoxy) is 6. The monoisotopic (exact) mass is 553 g/mol. The van der Waals surface area contributed by atoms with Gasteiger partial charge in [-0.3, -0.25) is 9.59 Å². The lowest BCUT2D eigenvalue weighted by molar-refractivity contribution is -0.166. The average molecular weight is 554 g/mol. The van der Waals surface area contributed by atoms with Gasteiger partial charge in [-0.2, -0.15) is 0 Å². The zero-order valence-electron chi connectivity index (χ0n) is 24.0. The van der Waals surface area contributed by atoms with Crippen LogP contribution in [0.25, 0.3) is 0 Å². The molecule has 39 heavy (non-hydrogen) atoms. The molecule has 0 aliphatic rings. The van der Waals surface area contributed by atoms with Crippen LogP contribution in [0.3, 0.4) is 0 Å². The SMILES string of the molecule is CCCCC(=O)O[C@@H](C)[C@H](C)OC(=O)[C@@H](N)Cc1ccc(OC(=O)OCC(C)C)c(OC(=O)OCC(C)C)c1. The van der Waals surface area contributed by atoms with E-state index in [1.165, 1.54) is 12.1 Å². The highest BCUT2D eigenvalue weighted by molar-refractivity contribution is 5.76. The third kappa shape index (κ3) is 13.9. The van der Waals surface area contributed by atoms with E-state index in [0.717, 1.165) is 6.42 Å².